The van der Waals surface area contributed by atoms with Gasteiger partial charge in [0, 0.05) is 6.42 Å². The fourth-order valence-corrected chi connectivity index (χ4v) is 2.59. The average molecular weight is 314 g/mol. The second-order valence-electron chi connectivity index (χ2n) is 4.91. The van der Waals surface area contributed by atoms with Crippen LogP contribution in [0.3, 0.4) is 0 Å². The van der Waals surface area contributed by atoms with Crippen molar-refractivity contribution in [2.75, 3.05) is 0 Å². The third-order valence-corrected chi connectivity index (χ3v) is 3.98. The SMILES string of the molecule is CCCCCCCCC(=O)Oc1ccccc1S(=O)(=O)O. The first-order chi connectivity index (χ1) is 9.95. The molecule has 0 fully saturated rings. The van der Waals surface area contributed by atoms with Crippen LogP contribution in [0.4, 0.5) is 0 Å². The quantitative estimate of drug-likeness (QED) is 0.326. The summed E-state index contributed by atoms with van der Waals surface area (Å²) in [5.41, 5.74) is 0. The topological polar surface area (TPSA) is 80.7 Å². The smallest absolute Gasteiger partial charge is 0.311 e. The molecule has 0 aliphatic rings. The summed E-state index contributed by atoms with van der Waals surface area (Å²) < 4.78 is 36.4. The van der Waals surface area contributed by atoms with Crippen LogP contribution in [0.25, 0.3) is 0 Å². The van der Waals surface area contributed by atoms with Gasteiger partial charge in [0.05, 0.1) is 0 Å². The lowest BCUT2D eigenvalue weighted by molar-refractivity contribution is -0.134. The predicted molar refractivity (Wildman–Crippen MR) is 79.9 cm³/mol. The third kappa shape index (κ3) is 6.73. The van der Waals surface area contributed by atoms with Gasteiger partial charge in [-0.2, -0.15) is 8.42 Å². The Morgan fingerprint density at radius 1 is 1.10 bits per heavy atom. The highest BCUT2D eigenvalue weighted by Crippen LogP contribution is 2.23. The Morgan fingerprint density at radius 3 is 2.38 bits per heavy atom. The molecule has 0 heterocycles. The fourth-order valence-electron chi connectivity index (χ4n) is 1.97. The van der Waals surface area contributed by atoms with Crippen molar-refractivity contribution in [2.24, 2.45) is 0 Å². The minimum absolute atomic E-state index is 0.129. The minimum Gasteiger partial charge on any atom is -0.425 e. The molecule has 0 amide bonds. The lowest BCUT2D eigenvalue weighted by Gasteiger charge is -2.07. The first-order valence-electron chi connectivity index (χ1n) is 7.22. The summed E-state index contributed by atoms with van der Waals surface area (Å²) >= 11 is 0. The number of carbonyl (C=O) groups excluding carboxylic acids is 1. The first-order valence-corrected chi connectivity index (χ1v) is 8.66. The molecule has 5 nitrogen and oxygen atoms in total. The van der Waals surface area contributed by atoms with E-state index in [2.05, 4.69) is 6.92 Å². The molecule has 1 N–H and O–H groups in total. The van der Waals surface area contributed by atoms with Crippen LogP contribution < -0.4 is 4.74 Å². The Morgan fingerprint density at radius 2 is 1.71 bits per heavy atom. The monoisotopic (exact) mass is 314 g/mol. The third-order valence-electron chi connectivity index (χ3n) is 3.09. The lowest BCUT2D eigenvalue weighted by Crippen LogP contribution is -2.10. The number of ether oxygens (including phenoxy) is 1. The molecule has 0 radical (unpaired) electrons. The predicted octanol–water partition coefficient (Wildman–Crippen LogP) is 3.59. The van der Waals surface area contributed by atoms with Crippen LogP contribution in [0.1, 0.15) is 51.9 Å². The molecule has 0 unspecified atom stereocenters. The number of para-hydroxylation sites is 1. The van der Waals surface area contributed by atoms with Gasteiger partial charge < -0.3 is 4.74 Å². The molecule has 0 atom stereocenters. The molecule has 1 rings (SSSR count). The van der Waals surface area contributed by atoms with Crippen LogP contribution in [0.15, 0.2) is 29.2 Å². The van der Waals surface area contributed by atoms with Gasteiger partial charge in [-0.3, -0.25) is 9.35 Å². The van der Waals surface area contributed by atoms with Crippen molar-refractivity contribution < 1.29 is 22.5 Å². The van der Waals surface area contributed by atoms with E-state index < -0.39 is 16.1 Å². The maximum atomic E-state index is 11.7. The van der Waals surface area contributed by atoms with Gasteiger partial charge >= 0.3 is 5.97 Å². The van der Waals surface area contributed by atoms with Gasteiger partial charge in [0.2, 0.25) is 0 Å². The molecule has 0 spiro atoms. The number of unbranched alkanes of at least 4 members (excludes halogenated alkanes) is 5. The minimum atomic E-state index is -4.39. The second-order valence-corrected chi connectivity index (χ2v) is 6.30. The van der Waals surface area contributed by atoms with Gasteiger partial charge in [-0.05, 0) is 18.6 Å². The summed E-state index contributed by atoms with van der Waals surface area (Å²) in [6.07, 6.45) is 6.54. The van der Waals surface area contributed by atoms with Gasteiger partial charge in [-0.25, -0.2) is 0 Å². The highest BCUT2D eigenvalue weighted by molar-refractivity contribution is 7.86. The Hall–Kier alpha value is -1.40. The van der Waals surface area contributed by atoms with Gasteiger partial charge in [0.15, 0.2) is 5.75 Å². The maximum absolute atomic E-state index is 11.7. The molecular formula is C15H22O5S. The largest absolute Gasteiger partial charge is 0.425 e. The highest BCUT2D eigenvalue weighted by Gasteiger charge is 2.17. The first kappa shape index (κ1) is 17.7. The van der Waals surface area contributed by atoms with Gasteiger partial charge in [0.25, 0.3) is 10.1 Å². The van der Waals surface area contributed by atoms with Crippen LogP contribution in [-0.2, 0) is 14.9 Å². The van der Waals surface area contributed by atoms with Crippen molar-refractivity contribution >= 4 is 16.1 Å². The Balaban J connectivity index is 2.45. The molecule has 0 aliphatic heterocycles. The van der Waals surface area contributed by atoms with Crippen LogP contribution in [-0.4, -0.2) is 18.9 Å². The van der Waals surface area contributed by atoms with E-state index in [0.717, 1.165) is 25.7 Å². The normalized spacial score (nSPS) is 11.3. The van der Waals surface area contributed by atoms with Gasteiger partial charge in [-0.15, -0.1) is 0 Å². The average Bonchev–Trinajstić information content (AvgIpc) is 2.42. The van der Waals surface area contributed by atoms with E-state index in [9.17, 15) is 13.2 Å². The molecule has 6 heteroatoms. The van der Waals surface area contributed by atoms with Crippen LogP contribution in [0.5, 0.6) is 5.75 Å². The summed E-state index contributed by atoms with van der Waals surface area (Å²) in [6, 6.07) is 5.54. The van der Waals surface area contributed by atoms with Crippen LogP contribution >= 0.6 is 0 Å². The molecule has 0 saturated carbocycles. The molecule has 0 bridgehead atoms. The van der Waals surface area contributed by atoms with E-state index in [1.165, 1.54) is 31.0 Å². The summed E-state index contributed by atoms with van der Waals surface area (Å²) in [6.45, 7) is 2.14. The lowest BCUT2D eigenvalue weighted by atomic mass is 10.1. The second kappa shape index (κ2) is 8.79. The van der Waals surface area contributed by atoms with Crippen molar-refractivity contribution in [1.82, 2.24) is 0 Å². The number of benzene rings is 1. The Kier molecular flexibility index (Phi) is 7.39. The molecule has 118 valence electrons. The van der Waals surface area contributed by atoms with Crippen molar-refractivity contribution in [2.45, 2.75) is 56.8 Å². The van der Waals surface area contributed by atoms with Crippen molar-refractivity contribution in [3.8, 4) is 5.75 Å². The molecule has 1 aromatic rings. The zero-order chi connectivity index (χ0) is 15.7. The Labute approximate surface area is 126 Å². The molecule has 0 aliphatic carbocycles. The maximum Gasteiger partial charge on any atom is 0.311 e. The van der Waals surface area contributed by atoms with E-state index in [1.807, 2.05) is 0 Å². The van der Waals surface area contributed by atoms with Gasteiger partial charge in [0.1, 0.15) is 4.90 Å². The Bertz CT molecular complexity index is 551. The molecule has 0 saturated heterocycles. The summed E-state index contributed by atoms with van der Waals surface area (Å²) in [5, 5.41) is 0. The van der Waals surface area contributed by atoms with E-state index in [0.29, 0.717) is 0 Å². The zero-order valence-electron chi connectivity index (χ0n) is 12.2. The van der Waals surface area contributed by atoms with Crippen molar-refractivity contribution in [3.05, 3.63) is 24.3 Å². The summed E-state index contributed by atoms with van der Waals surface area (Å²) in [4.78, 5) is 11.3. The molecular weight excluding hydrogens is 292 g/mol. The zero-order valence-corrected chi connectivity index (χ0v) is 13.1. The van der Waals surface area contributed by atoms with E-state index in [1.54, 1.807) is 6.07 Å². The van der Waals surface area contributed by atoms with E-state index in [-0.39, 0.29) is 17.1 Å². The van der Waals surface area contributed by atoms with Crippen LogP contribution in [0.2, 0.25) is 0 Å². The van der Waals surface area contributed by atoms with E-state index in [4.69, 9.17) is 9.29 Å². The number of esters is 1. The standard InChI is InChI=1S/C15H22O5S/c1-2-3-4-5-6-7-12-15(16)20-13-10-8-9-11-14(13)21(17,18)19/h8-11H,2-7,12H2,1H3,(H,17,18,19). The van der Waals surface area contributed by atoms with Crippen LogP contribution in [0, 0.1) is 0 Å². The number of rotatable bonds is 9. The molecule has 1 aromatic carbocycles. The summed E-state index contributed by atoms with van der Waals surface area (Å²) in [7, 11) is -4.39. The fraction of sp³-hybridized carbons (Fsp3) is 0.533. The molecule has 21 heavy (non-hydrogen) atoms. The number of hydrogen-bond acceptors (Lipinski definition) is 4. The highest BCUT2D eigenvalue weighted by atomic mass is 32.2. The number of hydrogen-bond donors (Lipinski definition) is 1. The van der Waals surface area contributed by atoms with E-state index >= 15 is 0 Å². The summed E-state index contributed by atoms with van der Waals surface area (Å²) in [5.74, 6) is -0.613. The molecule has 0 aromatic heterocycles. The van der Waals surface area contributed by atoms with Crippen molar-refractivity contribution in [3.63, 3.8) is 0 Å². The van der Waals surface area contributed by atoms with Gasteiger partial charge in [-0.1, -0.05) is 51.2 Å². The van der Waals surface area contributed by atoms with Crippen molar-refractivity contribution in [1.29, 1.82) is 0 Å². The number of carbonyl (C=O) groups is 1.